The number of rotatable bonds is 2. The van der Waals surface area contributed by atoms with Gasteiger partial charge >= 0.3 is 7.12 Å². The Labute approximate surface area is 143 Å². The lowest BCUT2D eigenvalue weighted by atomic mass is 9.81. The SMILES string of the molecule is CC1(C)OB([C@H]2C[C@@H]2N2C(=O)C3(CC3)c3ccccc32)OC1(C)C. The van der Waals surface area contributed by atoms with Crippen molar-refractivity contribution in [3.8, 4) is 0 Å². The van der Waals surface area contributed by atoms with Crippen molar-refractivity contribution in [3.05, 3.63) is 29.8 Å². The summed E-state index contributed by atoms with van der Waals surface area (Å²) in [6, 6.07) is 8.53. The maximum absolute atomic E-state index is 13.1. The van der Waals surface area contributed by atoms with Gasteiger partial charge in [-0.3, -0.25) is 4.79 Å². The lowest BCUT2D eigenvalue weighted by Gasteiger charge is -2.32. The van der Waals surface area contributed by atoms with Crippen LogP contribution in [0.5, 0.6) is 0 Å². The van der Waals surface area contributed by atoms with E-state index in [1.807, 2.05) is 12.1 Å². The van der Waals surface area contributed by atoms with E-state index in [-0.39, 0.29) is 35.6 Å². The molecule has 1 saturated heterocycles. The van der Waals surface area contributed by atoms with Crippen LogP contribution in [-0.2, 0) is 19.5 Å². The van der Waals surface area contributed by atoms with Crippen molar-refractivity contribution >= 4 is 18.7 Å². The molecule has 0 unspecified atom stereocenters. The first kappa shape index (κ1) is 15.0. The van der Waals surface area contributed by atoms with Gasteiger partial charge in [-0.15, -0.1) is 0 Å². The molecule has 1 aromatic carbocycles. The molecule has 2 aliphatic heterocycles. The summed E-state index contributed by atoms with van der Waals surface area (Å²) >= 11 is 0. The quantitative estimate of drug-likeness (QED) is 0.783. The highest BCUT2D eigenvalue weighted by Crippen LogP contribution is 2.61. The van der Waals surface area contributed by atoms with Crippen LogP contribution in [0.15, 0.2) is 24.3 Å². The zero-order valence-corrected chi connectivity index (χ0v) is 14.8. The van der Waals surface area contributed by atoms with Gasteiger partial charge in [0, 0.05) is 17.5 Å². The predicted octanol–water partition coefficient (Wildman–Crippen LogP) is 3.30. The minimum atomic E-state index is -0.310. The fourth-order valence-corrected chi connectivity index (χ4v) is 4.33. The van der Waals surface area contributed by atoms with Crippen molar-refractivity contribution in [1.82, 2.24) is 0 Å². The molecule has 0 radical (unpaired) electrons. The van der Waals surface area contributed by atoms with Gasteiger partial charge < -0.3 is 14.2 Å². The number of nitrogens with zero attached hydrogens (tertiary/aromatic N) is 1. The lowest BCUT2D eigenvalue weighted by molar-refractivity contribution is -0.120. The van der Waals surface area contributed by atoms with Crippen LogP contribution in [-0.4, -0.2) is 30.3 Å². The van der Waals surface area contributed by atoms with Crippen molar-refractivity contribution in [3.63, 3.8) is 0 Å². The number of anilines is 1. The molecule has 1 aromatic rings. The monoisotopic (exact) mass is 325 g/mol. The van der Waals surface area contributed by atoms with Gasteiger partial charge in [-0.1, -0.05) is 18.2 Å². The zero-order valence-electron chi connectivity index (χ0n) is 14.8. The molecule has 2 aliphatic carbocycles. The Kier molecular flexibility index (Phi) is 2.65. The number of carbonyl (C=O) groups excluding carboxylic acids is 1. The maximum Gasteiger partial charge on any atom is 0.463 e. The minimum Gasteiger partial charge on any atom is -0.403 e. The smallest absolute Gasteiger partial charge is 0.403 e. The van der Waals surface area contributed by atoms with Crippen LogP contribution in [0.25, 0.3) is 0 Å². The Morgan fingerprint density at radius 1 is 1.08 bits per heavy atom. The minimum absolute atomic E-state index is 0.209. The molecule has 4 nitrogen and oxygen atoms in total. The first-order valence-electron chi connectivity index (χ1n) is 9.06. The second-order valence-electron chi connectivity index (χ2n) is 8.87. The zero-order chi connectivity index (χ0) is 16.9. The Morgan fingerprint density at radius 3 is 2.33 bits per heavy atom. The Hall–Kier alpha value is -1.33. The lowest BCUT2D eigenvalue weighted by Crippen LogP contribution is -2.41. The summed E-state index contributed by atoms with van der Waals surface area (Å²) in [6.07, 6.45) is 2.95. The molecule has 1 amide bonds. The van der Waals surface area contributed by atoms with E-state index in [0.717, 1.165) is 24.9 Å². The molecule has 1 spiro atoms. The summed E-state index contributed by atoms with van der Waals surface area (Å²) in [5.74, 6) is 0.574. The van der Waals surface area contributed by atoms with E-state index < -0.39 is 0 Å². The molecule has 2 atom stereocenters. The maximum atomic E-state index is 13.1. The number of hydrogen-bond acceptors (Lipinski definition) is 3. The van der Waals surface area contributed by atoms with E-state index in [9.17, 15) is 4.79 Å². The number of benzene rings is 1. The molecule has 126 valence electrons. The summed E-state index contributed by atoms with van der Waals surface area (Å²) in [4.78, 5) is 15.1. The Balaban J connectivity index is 1.41. The van der Waals surface area contributed by atoms with Crippen LogP contribution in [0.4, 0.5) is 5.69 Å². The molecule has 0 N–H and O–H groups in total. The summed E-state index contributed by atoms with van der Waals surface area (Å²) < 4.78 is 12.4. The van der Waals surface area contributed by atoms with Gasteiger partial charge in [-0.05, 0) is 58.6 Å². The van der Waals surface area contributed by atoms with E-state index in [2.05, 4.69) is 44.7 Å². The van der Waals surface area contributed by atoms with E-state index in [1.165, 1.54) is 5.56 Å². The van der Waals surface area contributed by atoms with E-state index in [4.69, 9.17) is 9.31 Å². The van der Waals surface area contributed by atoms with Crippen LogP contribution in [0.3, 0.4) is 0 Å². The highest BCUT2D eigenvalue weighted by Gasteiger charge is 2.66. The van der Waals surface area contributed by atoms with Crippen molar-refractivity contribution < 1.29 is 14.1 Å². The molecule has 24 heavy (non-hydrogen) atoms. The van der Waals surface area contributed by atoms with Gasteiger partial charge in [0.05, 0.1) is 16.6 Å². The second-order valence-corrected chi connectivity index (χ2v) is 8.87. The van der Waals surface area contributed by atoms with Crippen molar-refractivity contribution in [2.75, 3.05) is 4.90 Å². The summed E-state index contributed by atoms with van der Waals surface area (Å²) in [7, 11) is -0.212. The number of hydrogen-bond donors (Lipinski definition) is 0. The van der Waals surface area contributed by atoms with Gasteiger partial charge in [0.2, 0.25) is 5.91 Å². The van der Waals surface area contributed by atoms with Gasteiger partial charge in [0.1, 0.15) is 0 Å². The van der Waals surface area contributed by atoms with Crippen LogP contribution in [0.2, 0.25) is 5.82 Å². The predicted molar refractivity (Wildman–Crippen MR) is 93.1 cm³/mol. The summed E-state index contributed by atoms with van der Waals surface area (Å²) in [5.41, 5.74) is 1.52. The average Bonchev–Trinajstić information content (AvgIpc) is 3.39. The topological polar surface area (TPSA) is 38.8 Å². The molecule has 5 heteroatoms. The third-order valence-corrected chi connectivity index (χ3v) is 6.81. The second kappa shape index (κ2) is 4.25. The first-order chi connectivity index (χ1) is 11.3. The first-order valence-corrected chi connectivity index (χ1v) is 9.06. The fourth-order valence-electron chi connectivity index (χ4n) is 4.33. The molecular formula is C19H24BNO3. The van der Waals surface area contributed by atoms with Crippen molar-refractivity contribution in [2.45, 2.75) is 75.4 Å². The fraction of sp³-hybridized carbons (Fsp3) is 0.632. The van der Waals surface area contributed by atoms with Gasteiger partial charge in [-0.2, -0.15) is 0 Å². The van der Waals surface area contributed by atoms with Gasteiger partial charge in [-0.25, -0.2) is 0 Å². The van der Waals surface area contributed by atoms with E-state index in [1.54, 1.807) is 0 Å². The van der Waals surface area contributed by atoms with Crippen molar-refractivity contribution in [2.24, 2.45) is 0 Å². The normalized spacial score (nSPS) is 33.9. The van der Waals surface area contributed by atoms with Crippen LogP contribution >= 0.6 is 0 Å². The Morgan fingerprint density at radius 2 is 1.71 bits per heavy atom. The molecule has 0 bridgehead atoms. The number of para-hydroxylation sites is 1. The van der Waals surface area contributed by atoms with E-state index in [0.29, 0.717) is 5.91 Å². The van der Waals surface area contributed by atoms with Gasteiger partial charge in [0.15, 0.2) is 0 Å². The molecule has 5 rings (SSSR count). The number of amides is 1. The van der Waals surface area contributed by atoms with Crippen molar-refractivity contribution in [1.29, 1.82) is 0 Å². The molecular weight excluding hydrogens is 301 g/mol. The standard InChI is InChI=1S/C19H24BNO3/c1-17(2)18(3,4)24-20(23-17)13-11-15(13)21-14-8-6-5-7-12(14)19(9-10-19)16(21)22/h5-8,13,15H,9-11H2,1-4H3/t13-,15-/m0/s1. The molecule has 2 heterocycles. The summed E-state index contributed by atoms with van der Waals surface area (Å²) in [6.45, 7) is 8.33. The molecule has 0 aromatic heterocycles. The highest BCUT2D eigenvalue weighted by atomic mass is 16.7. The Bertz CT molecular complexity index is 724. The summed E-state index contributed by atoms with van der Waals surface area (Å²) in [5, 5.41) is 0. The van der Waals surface area contributed by atoms with Crippen LogP contribution in [0, 0.1) is 0 Å². The van der Waals surface area contributed by atoms with E-state index >= 15 is 0 Å². The highest BCUT2D eigenvalue weighted by molar-refractivity contribution is 6.49. The molecule has 4 aliphatic rings. The largest absolute Gasteiger partial charge is 0.463 e. The number of carbonyl (C=O) groups is 1. The average molecular weight is 325 g/mol. The molecule has 3 fully saturated rings. The van der Waals surface area contributed by atoms with Crippen LogP contribution < -0.4 is 4.90 Å². The third-order valence-electron chi connectivity index (χ3n) is 6.81. The van der Waals surface area contributed by atoms with Gasteiger partial charge in [0.25, 0.3) is 0 Å². The molecule has 2 saturated carbocycles. The third kappa shape index (κ3) is 1.75. The van der Waals surface area contributed by atoms with Crippen LogP contribution in [0.1, 0.15) is 52.5 Å². The number of fused-ring (bicyclic) bond motifs is 2.